The van der Waals surface area contributed by atoms with Crippen LogP contribution in [0.2, 0.25) is 0 Å². The van der Waals surface area contributed by atoms with Gasteiger partial charge in [-0.1, -0.05) is 24.3 Å². The predicted molar refractivity (Wildman–Crippen MR) is 91.2 cm³/mol. The molecule has 3 nitrogen and oxygen atoms in total. The van der Waals surface area contributed by atoms with Crippen LogP contribution in [-0.2, 0) is 4.74 Å². The fourth-order valence-corrected chi connectivity index (χ4v) is 2.67. The second-order valence-corrected chi connectivity index (χ2v) is 5.69. The van der Waals surface area contributed by atoms with Gasteiger partial charge in [0.2, 0.25) is 0 Å². The van der Waals surface area contributed by atoms with Crippen molar-refractivity contribution in [2.45, 2.75) is 6.92 Å². The Morgan fingerprint density at radius 2 is 1.70 bits per heavy atom. The second-order valence-electron chi connectivity index (χ2n) is 5.69. The summed E-state index contributed by atoms with van der Waals surface area (Å²) in [6, 6.07) is 11.4. The molecular formula is C19H20FNO2. The van der Waals surface area contributed by atoms with Crippen molar-refractivity contribution in [1.82, 2.24) is 0 Å². The zero-order valence-electron chi connectivity index (χ0n) is 13.1. The lowest BCUT2D eigenvalue weighted by Gasteiger charge is -2.28. The molecule has 1 aliphatic rings. The van der Waals surface area contributed by atoms with Gasteiger partial charge in [0.1, 0.15) is 0 Å². The van der Waals surface area contributed by atoms with E-state index in [0.29, 0.717) is 5.56 Å². The topological polar surface area (TPSA) is 32.7 Å². The number of hydrogen-bond acceptors (Lipinski definition) is 3. The molecule has 3 rings (SSSR count). The lowest BCUT2D eigenvalue weighted by atomic mass is 10.1. The number of morpholine rings is 1. The monoisotopic (exact) mass is 313 g/mol. The lowest BCUT2D eigenvalue weighted by molar-refractivity contribution is 0.122. The molecule has 0 saturated carbocycles. The van der Waals surface area contributed by atoms with E-state index >= 15 is 0 Å². The smallest absolute Gasteiger partial charge is 0.165 e. The van der Waals surface area contributed by atoms with Crippen LogP contribution < -0.4 is 4.90 Å². The van der Waals surface area contributed by atoms with E-state index < -0.39 is 5.82 Å². The number of ether oxygens (including phenoxy) is 1. The van der Waals surface area contributed by atoms with Crippen LogP contribution in [0.1, 0.15) is 16.7 Å². The van der Waals surface area contributed by atoms with E-state index in [0.717, 1.165) is 37.4 Å². The summed E-state index contributed by atoms with van der Waals surface area (Å²) in [6.45, 7) is 5.07. The van der Waals surface area contributed by atoms with E-state index in [2.05, 4.69) is 17.0 Å². The Morgan fingerprint density at radius 1 is 1.04 bits per heavy atom. The molecule has 0 bridgehead atoms. The molecule has 0 atom stereocenters. The van der Waals surface area contributed by atoms with Gasteiger partial charge < -0.3 is 14.7 Å². The zero-order valence-corrected chi connectivity index (χ0v) is 13.1. The normalized spacial score (nSPS) is 15.3. The Labute approximate surface area is 135 Å². The fourth-order valence-electron chi connectivity index (χ4n) is 2.67. The third kappa shape index (κ3) is 3.71. The summed E-state index contributed by atoms with van der Waals surface area (Å²) in [7, 11) is 0. The molecule has 0 amide bonds. The van der Waals surface area contributed by atoms with Crippen molar-refractivity contribution in [2.75, 3.05) is 31.2 Å². The van der Waals surface area contributed by atoms with Crippen LogP contribution in [0.25, 0.3) is 12.2 Å². The van der Waals surface area contributed by atoms with Crippen molar-refractivity contribution >= 4 is 17.8 Å². The number of phenols is 1. The summed E-state index contributed by atoms with van der Waals surface area (Å²) in [5, 5.41) is 9.46. The average molecular weight is 313 g/mol. The average Bonchev–Trinajstić information content (AvgIpc) is 2.59. The summed E-state index contributed by atoms with van der Waals surface area (Å²) >= 11 is 0. The number of nitrogens with zero attached hydrogens (tertiary/aromatic N) is 1. The standard InChI is InChI=1S/C19H20FNO2/c1-14-12-16(13-18(20)19(14)22)3-2-15-4-6-17(7-5-15)21-8-10-23-11-9-21/h2-7,12-13,22H,8-11H2,1H3/b3-2-. The van der Waals surface area contributed by atoms with Crippen LogP contribution in [0.15, 0.2) is 36.4 Å². The van der Waals surface area contributed by atoms with E-state index in [1.165, 1.54) is 11.8 Å². The van der Waals surface area contributed by atoms with Gasteiger partial charge in [0.25, 0.3) is 0 Å². The van der Waals surface area contributed by atoms with Crippen LogP contribution >= 0.6 is 0 Å². The Bertz CT molecular complexity index is 681. The van der Waals surface area contributed by atoms with Gasteiger partial charge in [0, 0.05) is 18.8 Å². The molecule has 1 fully saturated rings. The van der Waals surface area contributed by atoms with Crippen molar-refractivity contribution < 1.29 is 14.2 Å². The summed E-state index contributed by atoms with van der Waals surface area (Å²) in [5.74, 6) is -0.871. The Hall–Kier alpha value is -2.33. The first-order chi connectivity index (χ1) is 11.1. The van der Waals surface area contributed by atoms with E-state index in [9.17, 15) is 9.50 Å². The maximum Gasteiger partial charge on any atom is 0.165 e. The molecule has 1 heterocycles. The first-order valence-corrected chi connectivity index (χ1v) is 7.73. The number of aryl methyl sites for hydroxylation is 1. The number of benzene rings is 2. The Morgan fingerprint density at radius 3 is 2.35 bits per heavy atom. The number of halogens is 1. The maximum absolute atomic E-state index is 13.5. The number of anilines is 1. The van der Waals surface area contributed by atoms with Gasteiger partial charge >= 0.3 is 0 Å². The van der Waals surface area contributed by atoms with E-state index in [4.69, 9.17) is 4.74 Å². The van der Waals surface area contributed by atoms with Crippen molar-refractivity contribution in [3.63, 3.8) is 0 Å². The molecule has 4 heteroatoms. The third-order valence-corrected chi connectivity index (χ3v) is 4.01. The minimum atomic E-state index is -0.590. The van der Waals surface area contributed by atoms with Crippen molar-refractivity contribution in [2.24, 2.45) is 0 Å². The molecule has 120 valence electrons. The van der Waals surface area contributed by atoms with Crippen LogP contribution in [0, 0.1) is 12.7 Å². The van der Waals surface area contributed by atoms with E-state index in [1.54, 1.807) is 13.0 Å². The number of rotatable bonds is 3. The van der Waals surface area contributed by atoms with Gasteiger partial charge in [0.05, 0.1) is 13.2 Å². The molecule has 0 spiro atoms. The molecule has 1 saturated heterocycles. The highest BCUT2D eigenvalue weighted by Crippen LogP contribution is 2.23. The molecule has 0 radical (unpaired) electrons. The highest BCUT2D eigenvalue weighted by molar-refractivity contribution is 5.71. The van der Waals surface area contributed by atoms with Crippen LogP contribution in [0.3, 0.4) is 0 Å². The largest absolute Gasteiger partial charge is 0.505 e. The third-order valence-electron chi connectivity index (χ3n) is 4.01. The van der Waals surface area contributed by atoms with Gasteiger partial charge in [-0.05, 0) is 47.9 Å². The molecule has 0 aromatic heterocycles. The highest BCUT2D eigenvalue weighted by atomic mass is 19.1. The molecule has 0 aliphatic carbocycles. The predicted octanol–water partition coefficient (Wildman–Crippen LogP) is 3.85. The number of aromatic hydroxyl groups is 1. The molecule has 23 heavy (non-hydrogen) atoms. The zero-order chi connectivity index (χ0) is 16.2. The van der Waals surface area contributed by atoms with Crippen LogP contribution in [-0.4, -0.2) is 31.4 Å². The minimum Gasteiger partial charge on any atom is -0.505 e. The number of hydrogen-bond donors (Lipinski definition) is 1. The van der Waals surface area contributed by atoms with Crippen molar-refractivity contribution in [1.29, 1.82) is 0 Å². The molecule has 2 aromatic rings. The maximum atomic E-state index is 13.5. The first-order valence-electron chi connectivity index (χ1n) is 7.73. The lowest BCUT2D eigenvalue weighted by Crippen LogP contribution is -2.36. The summed E-state index contributed by atoms with van der Waals surface area (Å²) in [4.78, 5) is 2.30. The Balaban J connectivity index is 1.72. The Kier molecular flexibility index (Phi) is 4.63. The van der Waals surface area contributed by atoms with Crippen molar-refractivity contribution in [3.05, 3.63) is 58.9 Å². The molecule has 2 aromatic carbocycles. The fraction of sp³-hybridized carbons (Fsp3) is 0.263. The van der Waals surface area contributed by atoms with E-state index in [-0.39, 0.29) is 5.75 Å². The quantitative estimate of drug-likeness (QED) is 0.874. The molecule has 1 N–H and O–H groups in total. The van der Waals surface area contributed by atoms with E-state index in [1.807, 2.05) is 24.3 Å². The second kappa shape index (κ2) is 6.84. The van der Waals surface area contributed by atoms with Crippen LogP contribution in [0.5, 0.6) is 5.75 Å². The molecule has 0 unspecified atom stereocenters. The summed E-state index contributed by atoms with van der Waals surface area (Å²) in [5.41, 5.74) is 3.51. The molecule has 1 aliphatic heterocycles. The SMILES string of the molecule is Cc1cc(/C=C\c2ccc(N3CCOCC3)cc2)cc(F)c1O. The summed E-state index contributed by atoms with van der Waals surface area (Å²) < 4.78 is 18.9. The van der Waals surface area contributed by atoms with Gasteiger partial charge in [-0.3, -0.25) is 0 Å². The van der Waals surface area contributed by atoms with Gasteiger partial charge in [-0.15, -0.1) is 0 Å². The van der Waals surface area contributed by atoms with Crippen LogP contribution in [0.4, 0.5) is 10.1 Å². The summed E-state index contributed by atoms with van der Waals surface area (Å²) in [6.07, 6.45) is 3.79. The van der Waals surface area contributed by atoms with Gasteiger partial charge in [-0.25, -0.2) is 4.39 Å². The van der Waals surface area contributed by atoms with Gasteiger partial charge in [-0.2, -0.15) is 0 Å². The highest BCUT2D eigenvalue weighted by Gasteiger charge is 2.10. The number of phenolic OH excluding ortho intramolecular Hbond substituents is 1. The molecular weight excluding hydrogens is 293 g/mol. The van der Waals surface area contributed by atoms with Crippen molar-refractivity contribution in [3.8, 4) is 5.75 Å². The van der Waals surface area contributed by atoms with Gasteiger partial charge in [0.15, 0.2) is 11.6 Å². The minimum absolute atomic E-state index is 0.281. The first kappa shape index (κ1) is 15.6.